The van der Waals surface area contributed by atoms with Crippen LogP contribution in [0.3, 0.4) is 0 Å². The third kappa shape index (κ3) is 2.75. The Morgan fingerprint density at radius 2 is 2.05 bits per heavy atom. The zero-order valence-electron chi connectivity index (χ0n) is 12.7. The molecule has 1 aliphatic rings. The molecule has 0 amide bonds. The van der Waals surface area contributed by atoms with E-state index in [0.29, 0.717) is 5.78 Å². The molecule has 0 unspecified atom stereocenters. The number of carbonyl (C=O) groups excluding carboxylic acids is 1. The first-order valence-corrected chi connectivity index (χ1v) is 8.08. The van der Waals surface area contributed by atoms with Gasteiger partial charge in [0.15, 0.2) is 5.78 Å². The minimum atomic E-state index is -0.148. The summed E-state index contributed by atoms with van der Waals surface area (Å²) in [5, 5.41) is 4.52. The van der Waals surface area contributed by atoms with Crippen molar-refractivity contribution in [3.8, 4) is 0 Å². The van der Waals surface area contributed by atoms with Crippen molar-refractivity contribution in [3.63, 3.8) is 0 Å². The highest BCUT2D eigenvalue weighted by molar-refractivity contribution is 6.03. The molecule has 0 radical (unpaired) electrons. The molecule has 112 valence electrons. The molecule has 1 fully saturated rings. The van der Waals surface area contributed by atoms with Crippen molar-refractivity contribution in [2.45, 2.75) is 39.0 Å². The van der Waals surface area contributed by atoms with E-state index in [1.54, 1.807) is 0 Å². The number of unbranched alkanes of at least 4 members (excludes halogenated alkanes) is 1. The number of rotatable bonds is 5. The lowest BCUT2D eigenvalue weighted by Gasteiger charge is -2.36. The van der Waals surface area contributed by atoms with Gasteiger partial charge in [0.25, 0.3) is 0 Å². The molecule has 0 saturated carbocycles. The summed E-state index contributed by atoms with van der Waals surface area (Å²) in [6.07, 6.45) is 7.18. The monoisotopic (exact) mass is 284 g/mol. The number of hydrogen-bond acceptors (Lipinski definition) is 2. The lowest BCUT2D eigenvalue weighted by Crippen LogP contribution is -2.42. The maximum absolute atomic E-state index is 13.2. The van der Waals surface area contributed by atoms with Crippen LogP contribution >= 0.6 is 0 Å². The van der Waals surface area contributed by atoms with Crippen LogP contribution in [0.2, 0.25) is 0 Å². The normalized spacial score (nSPS) is 18.0. The molecule has 21 heavy (non-hydrogen) atoms. The van der Waals surface area contributed by atoms with Gasteiger partial charge in [-0.1, -0.05) is 19.8 Å². The number of aromatic amines is 1. The summed E-state index contributed by atoms with van der Waals surface area (Å²) < 4.78 is 0. The Kier molecular flexibility index (Phi) is 4.11. The Bertz CT molecular complexity index is 623. The van der Waals surface area contributed by atoms with Gasteiger partial charge in [-0.3, -0.25) is 4.79 Å². The first-order chi connectivity index (χ1) is 10.2. The second-order valence-electron chi connectivity index (χ2n) is 6.24. The minimum absolute atomic E-state index is 0.148. The Morgan fingerprint density at radius 3 is 2.81 bits per heavy atom. The Balaban J connectivity index is 1.91. The fraction of sp³-hybridized carbons (Fsp3) is 0.500. The molecule has 0 bridgehead atoms. The van der Waals surface area contributed by atoms with Gasteiger partial charge >= 0.3 is 0 Å². The van der Waals surface area contributed by atoms with Crippen LogP contribution in [0.15, 0.2) is 30.5 Å². The second-order valence-corrected chi connectivity index (χ2v) is 6.24. The summed E-state index contributed by atoms with van der Waals surface area (Å²) in [6.45, 7) is 4.12. The molecule has 1 aromatic carbocycles. The van der Waals surface area contributed by atoms with Crippen LogP contribution in [0.4, 0.5) is 0 Å². The average Bonchev–Trinajstić information content (AvgIpc) is 3.00. The Labute approximate surface area is 126 Å². The molecule has 1 aliphatic heterocycles. The largest absolute Gasteiger partial charge is 0.361 e. The standard InChI is InChI=1S/C18H24N2O/c1-2-3-7-18(8-11-19-12-9-18)17(21)15-4-5-16-14(13-15)6-10-20-16/h4-6,10,13,19-20H,2-3,7-9,11-12H2,1H3. The van der Waals surface area contributed by atoms with Crippen LogP contribution in [0.1, 0.15) is 49.4 Å². The lowest BCUT2D eigenvalue weighted by molar-refractivity contribution is 0.0701. The van der Waals surface area contributed by atoms with Crippen molar-refractivity contribution in [1.29, 1.82) is 0 Å². The van der Waals surface area contributed by atoms with E-state index in [9.17, 15) is 4.79 Å². The summed E-state index contributed by atoms with van der Waals surface area (Å²) in [7, 11) is 0. The highest BCUT2D eigenvalue weighted by atomic mass is 16.1. The summed E-state index contributed by atoms with van der Waals surface area (Å²) in [5.41, 5.74) is 1.82. The highest BCUT2D eigenvalue weighted by Crippen LogP contribution is 2.38. The first kappa shape index (κ1) is 14.3. The quantitative estimate of drug-likeness (QED) is 0.818. The number of benzene rings is 1. The van der Waals surface area contributed by atoms with Crippen molar-refractivity contribution in [3.05, 3.63) is 36.0 Å². The van der Waals surface area contributed by atoms with Crippen molar-refractivity contribution >= 4 is 16.7 Å². The number of ketones is 1. The lowest BCUT2D eigenvalue weighted by atomic mass is 9.70. The molecule has 1 saturated heterocycles. The third-order valence-electron chi connectivity index (χ3n) is 4.87. The average molecular weight is 284 g/mol. The fourth-order valence-electron chi connectivity index (χ4n) is 3.51. The molecule has 3 heteroatoms. The van der Waals surface area contributed by atoms with E-state index < -0.39 is 0 Å². The molecule has 3 nitrogen and oxygen atoms in total. The molecule has 0 spiro atoms. The number of nitrogens with one attached hydrogen (secondary N) is 2. The Hall–Kier alpha value is -1.61. The van der Waals surface area contributed by atoms with Gasteiger partial charge in [-0.2, -0.15) is 0 Å². The SMILES string of the molecule is CCCCC1(C(=O)c2ccc3[nH]ccc3c2)CCNCC1. The van der Waals surface area contributed by atoms with Crippen molar-refractivity contribution in [1.82, 2.24) is 10.3 Å². The number of piperidine rings is 1. The van der Waals surface area contributed by atoms with Gasteiger partial charge in [0, 0.05) is 28.1 Å². The third-order valence-corrected chi connectivity index (χ3v) is 4.87. The van der Waals surface area contributed by atoms with Gasteiger partial charge in [0.1, 0.15) is 0 Å². The molecular weight excluding hydrogens is 260 g/mol. The predicted octanol–water partition coefficient (Wildman–Crippen LogP) is 3.91. The smallest absolute Gasteiger partial charge is 0.169 e. The van der Waals surface area contributed by atoms with E-state index >= 15 is 0 Å². The number of carbonyl (C=O) groups is 1. The van der Waals surface area contributed by atoms with Gasteiger partial charge in [-0.15, -0.1) is 0 Å². The van der Waals surface area contributed by atoms with E-state index in [0.717, 1.165) is 61.7 Å². The summed E-state index contributed by atoms with van der Waals surface area (Å²) in [5.74, 6) is 0.348. The van der Waals surface area contributed by atoms with E-state index in [2.05, 4.69) is 17.2 Å². The van der Waals surface area contributed by atoms with Crippen molar-refractivity contribution in [2.24, 2.45) is 5.41 Å². The molecule has 0 atom stereocenters. The first-order valence-electron chi connectivity index (χ1n) is 8.08. The van der Waals surface area contributed by atoms with Gasteiger partial charge in [0.2, 0.25) is 0 Å². The molecule has 3 rings (SSSR count). The van der Waals surface area contributed by atoms with E-state index in [4.69, 9.17) is 0 Å². The number of Topliss-reactive ketones (excluding diaryl/α,β-unsaturated/α-hetero) is 1. The van der Waals surface area contributed by atoms with Crippen molar-refractivity contribution in [2.75, 3.05) is 13.1 Å². The van der Waals surface area contributed by atoms with Crippen LogP contribution in [0.25, 0.3) is 10.9 Å². The topological polar surface area (TPSA) is 44.9 Å². The van der Waals surface area contributed by atoms with Gasteiger partial charge in [-0.25, -0.2) is 0 Å². The van der Waals surface area contributed by atoms with Crippen LogP contribution in [0.5, 0.6) is 0 Å². The van der Waals surface area contributed by atoms with Crippen LogP contribution in [-0.4, -0.2) is 23.9 Å². The summed E-state index contributed by atoms with van der Waals surface area (Å²) in [4.78, 5) is 16.3. The van der Waals surface area contributed by atoms with Crippen LogP contribution in [-0.2, 0) is 0 Å². The molecule has 2 heterocycles. The van der Waals surface area contributed by atoms with Gasteiger partial charge in [0.05, 0.1) is 0 Å². The second kappa shape index (κ2) is 6.02. The highest BCUT2D eigenvalue weighted by Gasteiger charge is 2.39. The Morgan fingerprint density at radius 1 is 1.24 bits per heavy atom. The van der Waals surface area contributed by atoms with Crippen LogP contribution in [0, 0.1) is 5.41 Å². The van der Waals surface area contributed by atoms with E-state index in [1.807, 2.05) is 30.5 Å². The summed E-state index contributed by atoms with van der Waals surface area (Å²) >= 11 is 0. The zero-order chi connectivity index (χ0) is 14.7. The maximum atomic E-state index is 13.2. The molecule has 2 aromatic rings. The van der Waals surface area contributed by atoms with E-state index in [1.165, 1.54) is 0 Å². The van der Waals surface area contributed by atoms with Crippen LogP contribution < -0.4 is 5.32 Å². The molecular formula is C18H24N2O. The molecule has 0 aliphatic carbocycles. The predicted molar refractivity (Wildman–Crippen MR) is 86.7 cm³/mol. The minimum Gasteiger partial charge on any atom is -0.361 e. The fourth-order valence-corrected chi connectivity index (χ4v) is 3.51. The number of fused-ring (bicyclic) bond motifs is 1. The molecule has 1 aromatic heterocycles. The van der Waals surface area contributed by atoms with E-state index in [-0.39, 0.29) is 5.41 Å². The number of aromatic nitrogens is 1. The van der Waals surface area contributed by atoms with Gasteiger partial charge < -0.3 is 10.3 Å². The number of hydrogen-bond donors (Lipinski definition) is 2. The summed E-state index contributed by atoms with van der Waals surface area (Å²) in [6, 6.07) is 8.09. The maximum Gasteiger partial charge on any atom is 0.169 e. The molecule has 2 N–H and O–H groups in total. The van der Waals surface area contributed by atoms with Gasteiger partial charge in [-0.05, 0) is 56.6 Å². The zero-order valence-corrected chi connectivity index (χ0v) is 12.7. The number of H-pyrrole nitrogens is 1. The van der Waals surface area contributed by atoms with Crippen molar-refractivity contribution < 1.29 is 4.79 Å².